The molecule has 0 spiro atoms. The summed E-state index contributed by atoms with van der Waals surface area (Å²) in [5, 5.41) is 14.5. The second kappa shape index (κ2) is 8.59. The minimum atomic E-state index is -0.654. The number of hydrogen-bond donors (Lipinski definition) is 1. The normalized spacial score (nSPS) is 10.3. The molecule has 27 heavy (non-hydrogen) atoms. The highest BCUT2D eigenvalue weighted by molar-refractivity contribution is 6.33. The Kier molecular flexibility index (Phi) is 6.46. The van der Waals surface area contributed by atoms with Gasteiger partial charge in [-0.2, -0.15) is 0 Å². The summed E-state index contributed by atoms with van der Waals surface area (Å²) >= 11 is 6.20. The molecule has 1 N–H and O–H groups in total. The van der Waals surface area contributed by atoms with Gasteiger partial charge in [0.25, 0.3) is 11.6 Å². The fraction of sp³-hybridized carbons (Fsp3) is 0.278. The molecule has 0 aromatic heterocycles. The molecule has 0 aliphatic heterocycles. The van der Waals surface area contributed by atoms with Crippen LogP contribution in [0.25, 0.3) is 0 Å². The molecule has 0 saturated carbocycles. The van der Waals surface area contributed by atoms with E-state index in [1.807, 2.05) is 19.0 Å². The minimum absolute atomic E-state index is 0.142. The van der Waals surface area contributed by atoms with Gasteiger partial charge in [-0.3, -0.25) is 14.9 Å². The maximum absolute atomic E-state index is 12.7. The van der Waals surface area contributed by atoms with Crippen LogP contribution in [0.15, 0.2) is 30.3 Å². The van der Waals surface area contributed by atoms with E-state index >= 15 is 0 Å². The number of carbonyl (C=O) groups excluding carboxylic acids is 1. The number of halogens is 1. The predicted molar refractivity (Wildman–Crippen MR) is 105 cm³/mol. The van der Waals surface area contributed by atoms with Gasteiger partial charge in [0.1, 0.15) is 5.56 Å². The summed E-state index contributed by atoms with van der Waals surface area (Å²) in [6.07, 6.45) is 0. The van der Waals surface area contributed by atoms with E-state index in [2.05, 4.69) is 5.32 Å². The molecule has 0 saturated heterocycles. The van der Waals surface area contributed by atoms with Crippen LogP contribution in [-0.4, -0.2) is 38.6 Å². The van der Waals surface area contributed by atoms with Crippen molar-refractivity contribution < 1.29 is 19.2 Å². The third kappa shape index (κ3) is 4.59. The summed E-state index contributed by atoms with van der Waals surface area (Å²) in [4.78, 5) is 25.2. The van der Waals surface area contributed by atoms with Gasteiger partial charge < -0.3 is 19.7 Å². The van der Waals surface area contributed by atoms with E-state index in [1.54, 1.807) is 25.1 Å². The molecule has 0 aliphatic carbocycles. The van der Waals surface area contributed by atoms with Gasteiger partial charge in [-0.15, -0.1) is 0 Å². The smallest absolute Gasteiger partial charge is 0.286 e. The van der Waals surface area contributed by atoms with Crippen molar-refractivity contribution in [1.82, 2.24) is 0 Å². The third-order valence-electron chi connectivity index (χ3n) is 3.71. The lowest BCUT2D eigenvalue weighted by molar-refractivity contribution is -0.385. The van der Waals surface area contributed by atoms with E-state index in [9.17, 15) is 14.9 Å². The van der Waals surface area contributed by atoms with Gasteiger partial charge in [0.2, 0.25) is 0 Å². The van der Waals surface area contributed by atoms with E-state index in [0.29, 0.717) is 17.3 Å². The molecule has 2 aromatic rings. The lowest BCUT2D eigenvalue weighted by Crippen LogP contribution is -2.15. The predicted octanol–water partition coefficient (Wildman–Crippen LogP) is 3.97. The lowest BCUT2D eigenvalue weighted by Gasteiger charge is -2.16. The van der Waals surface area contributed by atoms with Gasteiger partial charge in [-0.05, 0) is 25.1 Å². The van der Waals surface area contributed by atoms with Crippen LogP contribution in [0.3, 0.4) is 0 Å². The second-order valence-electron chi connectivity index (χ2n) is 5.73. The summed E-state index contributed by atoms with van der Waals surface area (Å²) in [6.45, 7) is 2.08. The molecule has 2 rings (SSSR count). The average Bonchev–Trinajstić information content (AvgIpc) is 2.61. The minimum Gasteiger partial charge on any atom is -0.493 e. The zero-order chi connectivity index (χ0) is 20.1. The van der Waals surface area contributed by atoms with Crippen LogP contribution in [0.4, 0.5) is 17.1 Å². The number of rotatable bonds is 7. The highest BCUT2D eigenvalue weighted by atomic mass is 35.5. The van der Waals surface area contributed by atoms with Crippen LogP contribution in [0.5, 0.6) is 11.5 Å². The lowest BCUT2D eigenvalue weighted by atomic mass is 10.1. The first-order chi connectivity index (χ1) is 12.8. The molecular formula is C18H20ClN3O5. The van der Waals surface area contributed by atoms with Crippen molar-refractivity contribution in [2.45, 2.75) is 6.92 Å². The molecule has 0 radical (unpaired) electrons. The van der Waals surface area contributed by atoms with Crippen molar-refractivity contribution in [3.8, 4) is 11.5 Å². The fourth-order valence-electron chi connectivity index (χ4n) is 2.46. The van der Waals surface area contributed by atoms with Gasteiger partial charge in [-0.25, -0.2) is 0 Å². The first kappa shape index (κ1) is 20.3. The molecule has 0 heterocycles. The van der Waals surface area contributed by atoms with Crippen LogP contribution in [0.2, 0.25) is 5.02 Å². The molecule has 0 aliphatic rings. The number of methoxy groups -OCH3 is 1. The Morgan fingerprint density at radius 3 is 2.48 bits per heavy atom. The fourth-order valence-corrected chi connectivity index (χ4v) is 2.81. The molecule has 9 heteroatoms. The monoisotopic (exact) mass is 393 g/mol. The first-order valence-corrected chi connectivity index (χ1v) is 8.43. The number of hydrogen-bond acceptors (Lipinski definition) is 6. The molecule has 0 bridgehead atoms. The number of nitrogens with one attached hydrogen (secondary N) is 1. The Bertz CT molecular complexity index is 870. The largest absolute Gasteiger partial charge is 0.493 e. The Morgan fingerprint density at radius 1 is 1.26 bits per heavy atom. The summed E-state index contributed by atoms with van der Waals surface area (Å²) in [5.41, 5.74) is 0.670. The van der Waals surface area contributed by atoms with Gasteiger partial charge in [0.15, 0.2) is 11.5 Å². The van der Waals surface area contributed by atoms with Crippen molar-refractivity contribution >= 4 is 34.6 Å². The van der Waals surface area contributed by atoms with Gasteiger partial charge >= 0.3 is 0 Å². The highest BCUT2D eigenvalue weighted by Gasteiger charge is 2.25. The number of amides is 1. The maximum atomic E-state index is 12.7. The number of nitro benzene ring substituents is 1. The van der Waals surface area contributed by atoms with Crippen molar-refractivity contribution in [2.75, 3.05) is 38.0 Å². The topological polar surface area (TPSA) is 93.9 Å². The van der Waals surface area contributed by atoms with Crippen LogP contribution in [-0.2, 0) is 0 Å². The number of nitrogens with zero attached hydrogens (tertiary/aromatic N) is 2. The molecule has 144 valence electrons. The molecular weight excluding hydrogens is 374 g/mol. The number of anilines is 2. The van der Waals surface area contributed by atoms with Crippen molar-refractivity contribution in [3.05, 3.63) is 51.0 Å². The maximum Gasteiger partial charge on any atom is 0.286 e. The number of benzene rings is 2. The molecule has 8 nitrogen and oxygen atoms in total. The molecule has 0 unspecified atom stereocenters. The van der Waals surface area contributed by atoms with E-state index in [0.717, 1.165) is 5.69 Å². The van der Waals surface area contributed by atoms with Crippen molar-refractivity contribution in [2.24, 2.45) is 0 Å². The summed E-state index contributed by atoms with van der Waals surface area (Å²) in [7, 11) is 5.06. The Morgan fingerprint density at radius 2 is 1.96 bits per heavy atom. The molecule has 1 amide bonds. The number of nitro groups is 1. The zero-order valence-corrected chi connectivity index (χ0v) is 16.2. The Hall–Kier alpha value is -3.00. The third-order valence-corrected chi connectivity index (χ3v) is 4.01. The summed E-state index contributed by atoms with van der Waals surface area (Å²) < 4.78 is 10.5. The van der Waals surface area contributed by atoms with Crippen molar-refractivity contribution in [3.63, 3.8) is 0 Å². The molecule has 0 fully saturated rings. The van der Waals surface area contributed by atoms with E-state index in [1.165, 1.54) is 19.2 Å². The van der Waals surface area contributed by atoms with Gasteiger partial charge in [-0.1, -0.05) is 11.6 Å². The van der Waals surface area contributed by atoms with Crippen molar-refractivity contribution in [1.29, 1.82) is 0 Å². The SMILES string of the molecule is CCOc1cc(C(=O)Nc2ccc(N(C)C)c(Cl)c2)c([N+](=O)[O-])cc1OC. The van der Waals surface area contributed by atoms with Gasteiger partial charge in [0, 0.05) is 25.8 Å². The van der Waals surface area contributed by atoms with Gasteiger partial charge in [0.05, 0.1) is 35.4 Å². The van der Waals surface area contributed by atoms with Crippen LogP contribution in [0.1, 0.15) is 17.3 Å². The Balaban J connectivity index is 2.41. The highest BCUT2D eigenvalue weighted by Crippen LogP contribution is 2.35. The summed E-state index contributed by atoms with van der Waals surface area (Å²) in [5.74, 6) is -0.228. The summed E-state index contributed by atoms with van der Waals surface area (Å²) in [6, 6.07) is 7.45. The second-order valence-corrected chi connectivity index (χ2v) is 6.13. The zero-order valence-electron chi connectivity index (χ0n) is 15.4. The molecule has 0 atom stereocenters. The van der Waals surface area contributed by atoms with Crippen LogP contribution >= 0.6 is 11.6 Å². The average molecular weight is 394 g/mol. The molecule has 2 aromatic carbocycles. The van der Waals surface area contributed by atoms with E-state index < -0.39 is 10.8 Å². The number of carbonyl (C=O) groups is 1. The number of ether oxygens (including phenoxy) is 2. The Labute approximate surface area is 161 Å². The quantitative estimate of drug-likeness (QED) is 0.565. The van der Waals surface area contributed by atoms with Crippen LogP contribution < -0.4 is 19.7 Å². The standard InChI is InChI=1S/C18H20ClN3O5/c1-5-27-17-9-12(15(22(24)25)10-16(17)26-4)18(23)20-11-6-7-14(21(2)3)13(19)8-11/h6-10H,5H2,1-4H3,(H,20,23). The van der Waals surface area contributed by atoms with Crippen LogP contribution in [0, 0.1) is 10.1 Å². The van der Waals surface area contributed by atoms with E-state index in [4.69, 9.17) is 21.1 Å². The van der Waals surface area contributed by atoms with E-state index in [-0.39, 0.29) is 22.7 Å². The first-order valence-electron chi connectivity index (χ1n) is 8.05.